The van der Waals surface area contributed by atoms with Crippen LogP contribution in [0.4, 0.5) is 0 Å². The molecule has 2 fully saturated rings. The van der Waals surface area contributed by atoms with Gasteiger partial charge in [-0.2, -0.15) is 0 Å². The van der Waals surface area contributed by atoms with Crippen LogP contribution in [-0.2, 0) is 23.1 Å². The number of rotatable bonds is 6. The van der Waals surface area contributed by atoms with E-state index in [4.69, 9.17) is 5.73 Å². The molecule has 9 nitrogen and oxygen atoms in total. The summed E-state index contributed by atoms with van der Waals surface area (Å²) in [6.07, 6.45) is 3.38. The highest BCUT2D eigenvalue weighted by molar-refractivity contribution is 5.97. The van der Waals surface area contributed by atoms with Gasteiger partial charge in [-0.15, -0.1) is 0 Å². The number of carbonyl (C=O) groups excluding carboxylic acids is 2. The lowest BCUT2D eigenvalue weighted by Gasteiger charge is -2.53. The predicted molar refractivity (Wildman–Crippen MR) is 143 cm³/mol. The molecule has 0 bridgehead atoms. The molecule has 1 saturated carbocycles. The number of nitrogens with zero attached hydrogens (tertiary/aromatic N) is 1. The van der Waals surface area contributed by atoms with Gasteiger partial charge in [0.25, 0.3) is 11.5 Å². The summed E-state index contributed by atoms with van der Waals surface area (Å²) in [6.45, 7) is 7.54. The standard InChI is InChI=1S/C29H38N4O5/c1-15-4-7-20(34)10-22(15)29(3)11-19-14-33(13-17-5-6-17)25(19)24(35)9-18-8-21(28(38)32-23(18)12-29)27(37)31-16(2)26(30)36/h4,7-8,10,16-17,19,24-25,34-35H,5-6,9,11-14H2,1-3H3,(H2,30,36)(H,31,37)(H,32,38)/t16-,19?,24+,25+,29-/m0/s1. The normalized spacial score (nSPS) is 28.1. The van der Waals surface area contributed by atoms with Gasteiger partial charge in [0.2, 0.25) is 5.91 Å². The third-order valence-corrected chi connectivity index (χ3v) is 8.77. The second-order valence-corrected chi connectivity index (χ2v) is 12.0. The number of amides is 2. The number of hydrogen-bond acceptors (Lipinski definition) is 6. The van der Waals surface area contributed by atoms with Crippen LogP contribution in [0.1, 0.15) is 65.9 Å². The number of aliphatic hydroxyl groups is 1. The van der Waals surface area contributed by atoms with E-state index in [0.717, 1.165) is 30.6 Å². The zero-order valence-corrected chi connectivity index (χ0v) is 22.3. The fourth-order valence-electron chi connectivity index (χ4n) is 6.58. The minimum atomic E-state index is -0.929. The van der Waals surface area contributed by atoms with Gasteiger partial charge in [-0.25, -0.2) is 0 Å². The molecule has 2 amide bonds. The number of aromatic hydroxyl groups is 1. The van der Waals surface area contributed by atoms with Crippen LogP contribution < -0.4 is 16.6 Å². The van der Waals surface area contributed by atoms with Gasteiger partial charge >= 0.3 is 0 Å². The molecule has 0 radical (unpaired) electrons. The van der Waals surface area contributed by atoms with Crippen molar-refractivity contribution in [3.8, 4) is 5.75 Å². The number of benzene rings is 1. The Kier molecular flexibility index (Phi) is 6.86. The number of phenolic OH excluding ortho intramolecular Hbond substituents is 1. The lowest BCUT2D eigenvalue weighted by molar-refractivity contribution is -0.119. The Morgan fingerprint density at radius 2 is 2.03 bits per heavy atom. The highest BCUT2D eigenvalue weighted by atomic mass is 16.3. The van der Waals surface area contributed by atoms with Gasteiger partial charge in [0.1, 0.15) is 17.4 Å². The fraction of sp³-hybridized carbons (Fsp3) is 0.552. The third-order valence-electron chi connectivity index (χ3n) is 8.77. The largest absolute Gasteiger partial charge is 0.508 e. The number of nitrogens with one attached hydrogen (secondary N) is 2. The maximum atomic E-state index is 13.1. The smallest absolute Gasteiger partial charge is 0.261 e. The Morgan fingerprint density at radius 1 is 1.29 bits per heavy atom. The molecule has 3 aliphatic rings. The van der Waals surface area contributed by atoms with Crippen molar-refractivity contribution in [1.82, 2.24) is 15.2 Å². The first-order valence-corrected chi connectivity index (χ1v) is 13.5. The molecule has 6 N–H and O–H groups in total. The molecule has 204 valence electrons. The van der Waals surface area contributed by atoms with Crippen LogP contribution in [0.3, 0.4) is 0 Å². The molecule has 1 aliphatic heterocycles. The van der Waals surface area contributed by atoms with Crippen molar-refractivity contribution in [2.24, 2.45) is 17.6 Å². The number of likely N-dealkylation sites (tertiary alicyclic amines) is 1. The highest BCUT2D eigenvalue weighted by Gasteiger charge is 2.49. The summed E-state index contributed by atoms with van der Waals surface area (Å²) in [7, 11) is 0. The van der Waals surface area contributed by atoms with Gasteiger partial charge in [-0.05, 0) is 91.7 Å². The predicted octanol–water partition coefficient (Wildman–Crippen LogP) is 1.51. The Hall–Kier alpha value is -3.17. The molecule has 2 aromatic rings. The molecule has 2 aliphatic carbocycles. The minimum absolute atomic E-state index is 0.0161. The number of phenols is 1. The number of H-pyrrole nitrogens is 1. The summed E-state index contributed by atoms with van der Waals surface area (Å²) in [6, 6.07) is 6.01. The molecule has 1 unspecified atom stereocenters. The lowest BCUT2D eigenvalue weighted by Crippen LogP contribution is -2.63. The summed E-state index contributed by atoms with van der Waals surface area (Å²) in [5.74, 6) is -0.232. The number of hydrogen-bond donors (Lipinski definition) is 5. The van der Waals surface area contributed by atoms with Crippen LogP contribution in [-0.4, -0.2) is 63.2 Å². The van der Waals surface area contributed by atoms with Crippen molar-refractivity contribution < 1.29 is 19.8 Å². The first-order chi connectivity index (χ1) is 17.9. The summed E-state index contributed by atoms with van der Waals surface area (Å²) >= 11 is 0. The zero-order chi connectivity index (χ0) is 27.4. The number of primary amides is 1. The Morgan fingerprint density at radius 3 is 2.71 bits per heavy atom. The van der Waals surface area contributed by atoms with Crippen LogP contribution in [0.25, 0.3) is 0 Å². The molecule has 5 atom stereocenters. The molecular weight excluding hydrogens is 484 g/mol. The van der Waals surface area contributed by atoms with Gasteiger partial charge in [-0.3, -0.25) is 19.3 Å². The number of pyridine rings is 1. The Balaban J connectivity index is 1.57. The average Bonchev–Trinajstić information content (AvgIpc) is 3.64. The van der Waals surface area contributed by atoms with Crippen molar-refractivity contribution in [3.63, 3.8) is 0 Å². The molecule has 1 aromatic heterocycles. The first kappa shape index (κ1) is 26.4. The number of aryl methyl sites for hydroxylation is 1. The molecule has 1 saturated heterocycles. The fourth-order valence-corrected chi connectivity index (χ4v) is 6.58. The maximum Gasteiger partial charge on any atom is 0.261 e. The van der Waals surface area contributed by atoms with E-state index in [2.05, 4.69) is 22.1 Å². The van der Waals surface area contributed by atoms with Gasteiger partial charge in [-0.1, -0.05) is 13.0 Å². The number of nitrogens with two attached hydrogens (primary N) is 1. The van der Waals surface area contributed by atoms with E-state index in [9.17, 15) is 24.6 Å². The lowest BCUT2D eigenvalue weighted by atomic mass is 9.67. The second kappa shape index (κ2) is 9.85. The van der Waals surface area contributed by atoms with Gasteiger partial charge in [0.15, 0.2) is 0 Å². The molecule has 5 rings (SSSR count). The van der Waals surface area contributed by atoms with E-state index < -0.39 is 34.9 Å². The molecule has 2 heterocycles. The average molecular weight is 523 g/mol. The topological polar surface area (TPSA) is 149 Å². The second-order valence-electron chi connectivity index (χ2n) is 12.0. The quantitative estimate of drug-likeness (QED) is 0.388. The summed E-state index contributed by atoms with van der Waals surface area (Å²) in [4.78, 5) is 42.8. The zero-order valence-electron chi connectivity index (χ0n) is 22.3. The molecular formula is C29H38N4O5. The van der Waals surface area contributed by atoms with Crippen LogP contribution in [0, 0.1) is 18.8 Å². The van der Waals surface area contributed by atoms with E-state index in [1.54, 1.807) is 12.1 Å². The first-order valence-electron chi connectivity index (χ1n) is 13.5. The van der Waals surface area contributed by atoms with Crippen molar-refractivity contribution in [1.29, 1.82) is 0 Å². The van der Waals surface area contributed by atoms with E-state index >= 15 is 0 Å². The molecule has 1 aromatic carbocycles. The van der Waals surface area contributed by atoms with Crippen molar-refractivity contribution in [2.75, 3.05) is 13.1 Å². The van der Waals surface area contributed by atoms with E-state index in [0.29, 0.717) is 30.0 Å². The molecule has 0 spiro atoms. The van der Waals surface area contributed by atoms with Gasteiger partial charge < -0.3 is 26.2 Å². The van der Waals surface area contributed by atoms with Crippen molar-refractivity contribution in [3.05, 3.63) is 62.6 Å². The molecule has 9 heteroatoms. The number of fused-ring (bicyclic) bond motifs is 2. The SMILES string of the molecule is Cc1ccc(O)cc1[C@]1(C)Cc2[nH]c(=O)c(C(=O)N[C@@H](C)C(N)=O)cc2C[C@@H](O)[C@H]2C(CN2CC2CC2)C1. The van der Waals surface area contributed by atoms with Gasteiger partial charge in [0.05, 0.1) is 6.10 Å². The van der Waals surface area contributed by atoms with E-state index in [1.165, 1.54) is 19.8 Å². The van der Waals surface area contributed by atoms with E-state index in [1.807, 2.05) is 19.1 Å². The number of aromatic amines is 1. The summed E-state index contributed by atoms with van der Waals surface area (Å²) < 4.78 is 0. The number of carbonyl (C=O) groups is 2. The monoisotopic (exact) mass is 522 g/mol. The van der Waals surface area contributed by atoms with Crippen molar-refractivity contribution in [2.45, 2.75) is 76.5 Å². The van der Waals surface area contributed by atoms with Gasteiger partial charge in [0, 0.05) is 31.2 Å². The minimum Gasteiger partial charge on any atom is -0.508 e. The number of aromatic nitrogens is 1. The highest BCUT2D eigenvalue weighted by Crippen LogP contribution is 2.46. The Bertz CT molecular complexity index is 1320. The van der Waals surface area contributed by atoms with Crippen molar-refractivity contribution >= 4 is 11.8 Å². The summed E-state index contributed by atoms with van der Waals surface area (Å²) in [5, 5.41) is 24.3. The third kappa shape index (κ3) is 5.09. The van der Waals surface area contributed by atoms with E-state index in [-0.39, 0.29) is 23.3 Å². The molecule has 38 heavy (non-hydrogen) atoms. The number of aliphatic hydroxyl groups excluding tert-OH is 1. The summed E-state index contributed by atoms with van der Waals surface area (Å²) in [5.41, 5.74) is 7.63. The van der Waals surface area contributed by atoms with Crippen LogP contribution in [0.5, 0.6) is 5.75 Å². The van der Waals surface area contributed by atoms with Crippen LogP contribution in [0.15, 0.2) is 29.1 Å². The Labute approximate surface area is 222 Å². The van der Waals surface area contributed by atoms with Crippen LogP contribution in [0.2, 0.25) is 0 Å². The maximum absolute atomic E-state index is 13.1. The van der Waals surface area contributed by atoms with Crippen LogP contribution >= 0.6 is 0 Å².